The maximum atomic E-state index is 10.1. The van der Waals surface area contributed by atoms with Crippen LogP contribution in [0.4, 0.5) is 0 Å². The number of para-hydroxylation sites is 1. The largest absolute Gasteiger partial charge is 0.496 e. The van der Waals surface area contributed by atoms with E-state index in [2.05, 4.69) is 15.4 Å². The summed E-state index contributed by atoms with van der Waals surface area (Å²) in [5.41, 5.74) is 1.82. The van der Waals surface area contributed by atoms with E-state index in [1.165, 1.54) is 4.80 Å². The van der Waals surface area contributed by atoms with Gasteiger partial charge in [0.05, 0.1) is 33.0 Å². The Morgan fingerprint density at radius 1 is 1.08 bits per heavy atom. The number of tetrazole rings is 1. The lowest BCUT2D eigenvalue weighted by Gasteiger charge is -2.12. The lowest BCUT2D eigenvalue weighted by molar-refractivity contribution is 0.0159. The van der Waals surface area contributed by atoms with E-state index in [-0.39, 0.29) is 13.2 Å². The summed E-state index contributed by atoms with van der Waals surface area (Å²) in [5.74, 6) is 1.30. The molecule has 0 saturated carbocycles. The summed E-state index contributed by atoms with van der Waals surface area (Å²) in [6.07, 6.45) is -0.729. The van der Waals surface area contributed by atoms with E-state index in [0.29, 0.717) is 12.4 Å². The minimum atomic E-state index is -0.729. The monoisotopic (exact) mass is 340 g/mol. The van der Waals surface area contributed by atoms with Crippen LogP contribution in [0.5, 0.6) is 5.75 Å². The van der Waals surface area contributed by atoms with Gasteiger partial charge in [-0.25, -0.2) is 0 Å². The van der Waals surface area contributed by atoms with Crippen molar-refractivity contribution in [3.05, 3.63) is 60.2 Å². The topological polar surface area (TPSA) is 82.3 Å². The van der Waals surface area contributed by atoms with Gasteiger partial charge in [0.25, 0.3) is 0 Å². The molecule has 2 aromatic carbocycles. The molecule has 0 spiro atoms. The van der Waals surface area contributed by atoms with E-state index >= 15 is 0 Å². The zero-order valence-corrected chi connectivity index (χ0v) is 13.9. The number of rotatable bonds is 8. The molecule has 0 fully saturated rings. The van der Waals surface area contributed by atoms with Crippen molar-refractivity contribution in [1.29, 1.82) is 0 Å². The molecule has 7 nitrogen and oxygen atoms in total. The maximum absolute atomic E-state index is 10.1. The third-order valence-electron chi connectivity index (χ3n) is 3.62. The number of nitrogens with zero attached hydrogens (tertiary/aromatic N) is 4. The summed E-state index contributed by atoms with van der Waals surface area (Å²) in [5, 5.41) is 22.3. The fraction of sp³-hybridized carbons (Fsp3) is 0.278. The molecule has 130 valence electrons. The molecule has 3 aromatic rings. The molecule has 3 rings (SSSR count). The predicted octanol–water partition coefficient (Wildman–Crippen LogP) is 1.93. The highest BCUT2D eigenvalue weighted by Gasteiger charge is 2.11. The first-order valence-electron chi connectivity index (χ1n) is 7.97. The van der Waals surface area contributed by atoms with Gasteiger partial charge >= 0.3 is 0 Å². The summed E-state index contributed by atoms with van der Waals surface area (Å²) in [6.45, 7) is 0.743. The number of benzene rings is 2. The molecule has 25 heavy (non-hydrogen) atoms. The number of methoxy groups -OCH3 is 1. The number of aliphatic hydroxyl groups excluding tert-OH is 1. The van der Waals surface area contributed by atoms with Crippen LogP contribution >= 0.6 is 0 Å². The van der Waals surface area contributed by atoms with Crippen LogP contribution in [-0.2, 0) is 17.9 Å². The molecule has 1 N–H and O–H groups in total. The molecular weight excluding hydrogens is 320 g/mol. The highest BCUT2D eigenvalue weighted by atomic mass is 16.5. The molecule has 1 unspecified atom stereocenters. The molecule has 0 aliphatic heterocycles. The minimum Gasteiger partial charge on any atom is -0.496 e. The molecule has 0 radical (unpaired) electrons. The van der Waals surface area contributed by atoms with Crippen molar-refractivity contribution in [1.82, 2.24) is 20.2 Å². The normalized spacial score (nSPS) is 12.1. The molecule has 0 amide bonds. The third-order valence-corrected chi connectivity index (χ3v) is 3.62. The molecule has 7 heteroatoms. The Morgan fingerprint density at radius 3 is 2.64 bits per heavy atom. The van der Waals surface area contributed by atoms with Gasteiger partial charge in [-0.1, -0.05) is 48.5 Å². The van der Waals surface area contributed by atoms with Crippen LogP contribution in [-0.4, -0.2) is 45.1 Å². The van der Waals surface area contributed by atoms with Gasteiger partial charge in [0.2, 0.25) is 5.82 Å². The van der Waals surface area contributed by atoms with E-state index in [0.717, 1.165) is 16.9 Å². The number of hydrogen-bond acceptors (Lipinski definition) is 6. The van der Waals surface area contributed by atoms with E-state index < -0.39 is 6.10 Å². The van der Waals surface area contributed by atoms with Gasteiger partial charge in [-0.3, -0.25) is 0 Å². The SMILES string of the molecule is COc1ccccc1COCC(O)Cn1nnc(-c2ccccc2)n1. The standard InChI is InChI=1S/C18H20N4O3/c1-24-17-10-6-5-9-15(17)12-25-13-16(23)11-22-20-18(19-21-22)14-7-3-2-4-8-14/h2-10,16,23H,11-13H2,1H3. The molecule has 1 heterocycles. The summed E-state index contributed by atoms with van der Waals surface area (Å²) >= 11 is 0. The van der Waals surface area contributed by atoms with E-state index in [9.17, 15) is 5.11 Å². The van der Waals surface area contributed by atoms with Crippen LogP contribution < -0.4 is 4.74 Å². The highest BCUT2D eigenvalue weighted by Crippen LogP contribution is 2.18. The molecule has 1 aromatic heterocycles. The summed E-state index contributed by atoms with van der Waals surface area (Å²) in [4.78, 5) is 1.37. The van der Waals surface area contributed by atoms with Crippen LogP contribution in [0.25, 0.3) is 11.4 Å². The number of ether oxygens (including phenoxy) is 2. The number of hydrogen-bond donors (Lipinski definition) is 1. The lowest BCUT2D eigenvalue weighted by Crippen LogP contribution is -2.23. The average molecular weight is 340 g/mol. The summed E-state index contributed by atoms with van der Waals surface area (Å²) in [7, 11) is 1.62. The average Bonchev–Trinajstić information content (AvgIpc) is 3.11. The molecular formula is C18H20N4O3. The smallest absolute Gasteiger partial charge is 0.204 e. The summed E-state index contributed by atoms with van der Waals surface area (Å²) < 4.78 is 10.8. The Balaban J connectivity index is 1.50. The second-order valence-electron chi connectivity index (χ2n) is 5.51. The van der Waals surface area contributed by atoms with Crippen molar-refractivity contribution in [2.75, 3.05) is 13.7 Å². The minimum absolute atomic E-state index is 0.167. The van der Waals surface area contributed by atoms with Gasteiger partial charge in [-0.2, -0.15) is 4.80 Å². The maximum Gasteiger partial charge on any atom is 0.204 e. The molecule has 0 saturated heterocycles. The lowest BCUT2D eigenvalue weighted by atomic mass is 10.2. The van der Waals surface area contributed by atoms with Crippen molar-refractivity contribution in [3.63, 3.8) is 0 Å². The van der Waals surface area contributed by atoms with E-state index in [1.807, 2.05) is 54.6 Å². The fourth-order valence-electron chi connectivity index (χ4n) is 2.39. The molecule has 0 aliphatic rings. The van der Waals surface area contributed by atoms with Crippen LogP contribution in [0.2, 0.25) is 0 Å². The second-order valence-corrected chi connectivity index (χ2v) is 5.51. The van der Waals surface area contributed by atoms with Gasteiger partial charge in [-0.15, -0.1) is 10.2 Å². The molecule has 0 aliphatic carbocycles. The van der Waals surface area contributed by atoms with Crippen molar-refractivity contribution in [2.45, 2.75) is 19.3 Å². The first kappa shape index (κ1) is 17.1. The van der Waals surface area contributed by atoms with Gasteiger partial charge in [0.15, 0.2) is 0 Å². The fourth-order valence-corrected chi connectivity index (χ4v) is 2.39. The van der Waals surface area contributed by atoms with Crippen molar-refractivity contribution in [3.8, 4) is 17.1 Å². The number of aliphatic hydroxyl groups is 1. The van der Waals surface area contributed by atoms with Crippen LogP contribution in [0.1, 0.15) is 5.56 Å². The van der Waals surface area contributed by atoms with Crippen molar-refractivity contribution < 1.29 is 14.6 Å². The zero-order valence-electron chi connectivity index (χ0n) is 13.9. The first-order valence-corrected chi connectivity index (χ1v) is 7.97. The Bertz CT molecular complexity index is 792. The van der Waals surface area contributed by atoms with Crippen LogP contribution in [0, 0.1) is 0 Å². The highest BCUT2D eigenvalue weighted by molar-refractivity contribution is 5.52. The van der Waals surface area contributed by atoms with Crippen LogP contribution in [0.15, 0.2) is 54.6 Å². The van der Waals surface area contributed by atoms with Gasteiger partial charge in [-0.05, 0) is 11.3 Å². The van der Waals surface area contributed by atoms with Crippen LogP contribution in [0.3, 0.4) is 0 Å². The third kappa shape index (κ3) is 4.62. The Kier molecular flexibility index (Phi) is 5.71. The molecule has 0 bridgehead atoms. The van der Waals surface area contributed by atoms with Gasteiger partial charge < -0.3 is 14.6 Å². The van der Waals surface area contributed by atoms with Gasteiger partial charge in [0.1, 0.15) is 5.75 Å². The Morgan fingerprint density at radius 2 is 1.84 bits per heavy atom. The van der Waals surface area contributed by atoms with E-state index in [1.54, 1.807) is 7.11 Å². The second kappa shape index (κ2) is 8.36. The van der Waals surface area contributed by atoms with Crippen molar-refractivity contribution >= 4 is 0 Å². The predicted molar refractivity (Wildman–Crippen MR) is 91.9 cm³/mol. The zero-order chi connectivity index (χ0) is 17.5. The first-order chi connectivity index (χ1) is 12.3. The van der Waals surface area contributed by atoms with E-state index in [4.69, 9.17) is 9.47 Å². The van der Waals surface area contributed by atoms with Gasteiger partial charge in [0, 0.05) is 11.1 Å². The summed E-state index contributed by atoms with van der Waals surface area (Å²) in [6, 6.07) is 17.2. The van der Waals surface area contributed by atoms with Crippen molar-refractivity contribution in [2.24, 2.45) is 0 Å². The Labute approximate surface area is 145 Å². The quantitative estimate of drug-likeness (QED) is 0.675. The molecule has 1 atom stereocenters. The number of aromatic nitrogens is 4. The Hall–Kier alpha value is -2.77.